The predicted molar refractivity (Wildman–Crippen MR) is 81.4 cm³/mol. The molecule has 0 unspecified atom stereocenters. The van der Waals surface area contributed by atoms with Gasteiger partial charge in [0.15, 0.2) is 6.61 Å². The van der Waals surface area contributed by atoms with Gasteiger partial charge in [-0.1, -0.05) is 30.8 Å². The number of rotatable bonds is 5. The molecule has 1 aromatic carbocycles. The molecule has 0 bridgehead atoms. The average Bonchev–Trinajstić information content (AvgIpc) is 2.46. The van der Waals surface area contributed by atoms with Crippen LogP contribution in [0.15, 0.2) is 24.3 Å². The number of nitrogens with one attached hydrogen (secondary N) is 1. The van der Waals surface area contributed by atoms with Gasteiger partial charge >= 0.3 is 0 Å². The van der Waals surface area contributed by atoms with Gasteiger partial charge in [0.1, 0.15) is 10.7 Å². The maximum atomic E-state index is 11.8. The monoisotopic (exact) mass is 293 g/mol. The number of amides is 1. The number of carbonyl (C=O) groups excluding carboxylic acids is 1. The third-order valence-electron chi connectivity index (χ3n) is 3.15. The summed E-state index contributed by atoms with van der Waals surface area (Å²) in [5.41, 5.74) is 9.10. The summed E-state index contributed by atoms with van der Waals surface area (Å²) in [4.78, 5) is 12.1. The first-order chi connectivity index (χ1) is 9.66. The number of carbonyl (C=O) groups is 1. The highest BCUT2D eigenvalue weighted by Crippen LogP contribution is 2.17. The summed E-state index contributed by atoms with van der Waals surface area (Å²) in [5.74, 6) is 0.374. The summed E-state index contributed by atoms with van der Waals surface area (Å²) < 4.78 is 5.50. The lowest BCUT2D eigenvalue weighted by molar-refractivity contribution is -0.128. The highest BCUT2D eigenvalue weighted by Gasteiger charge is 2.13. The molecule has 1 aliphatic heterocycles. The topological polar surface area (TPSA) is 67.6 Å². The van der Waals surface area contributed by atoms with Crippen LogP contribution in [0.3, 0.4) is 0 Å². The number of hydrogen-bond acceptors (Lipinski definition) is 4. The first kappa shape index (κ1) is 14.7. The fourth-order valence-electron chi connectivity index (χ4n) is 2.15. The van der Waals surface area contributed by atoms with Crippen LogP contribution in [0.25, 0.3) is 0 Å². The maximum Gasteiger partial charge on any atom is 0.272 e. The Labute approximate surface area is 124 Å². The van der Waals surface area contributed by atoms with Gasteiger partial charge < -0.3 is 10.5 Å². The molecule has 2 rings (SSSR count). The highest BCUT2D eigenvalue weighted by atomic mass is 32.1. The molecule has 0 saturated carbocycles. The normalized spacial score (nSPS) is 15.6. The Kier molecular flexibility index (Phi) is 5.31. The van der Waals surface area contributed by atoms with Crippen molar-refractivity contribution < 1.29 is 9.53 Å². The summed E-state index contributed by atoms with van der Waals surface area (Å²) in [6.07, 6.45) is 3.46. The third kappa shape index (κ3) is 4.18. The second-order valence-corrected chi connectivity index (χ2v) is 5.17. The molecule has 0 spiro atoms. The Morgan fingerprint density at radius 3 is 2.70 bits per heavy atom. The Bertz CT molecular complexity index is 487. The highest BCUT2D eigenvalue weighted by molar-refractivity contribution is 7.80. The van der Waals surface area contributed by atoms with Crippen molar-refractivity contribution >= 4 is 23.1 Å². The quantitative estimate of drug-likeness (QED) is 0.799. The average molecular weight is 293 g/mol. The molecule has 0 aromatic heterocycles. The number of nitrogens with zero attached hydrogens (tertiary/aromatic N) is 1. The molecule has 20 heavy (non-hydrogen) atoms. The Morgan fingerprint density at radius 1 is 1.30 bits per heavy atom. The number of ether oxygens (including phenoxy) is 1. The van der Waals surface area contributed by atoms with Crippen LogP contribution in [0.2, 0.25) is 0 Å². The standard InChI is InChI=1S/C14H19N3O2S/c15-14(20)11-6-2-3-7-12(11)19-10-13(18)16-17-8-4-1-5-9-17/h2-3,6-7H,1,4-5,8-10H2,(H2,15,20)(H,16,18). The van der Waals surface area contributed by atoms with Crippen molar-refractivity contribution in [1.82, 2.24) is 10.4 Å². The van der Waals surface area contributed by atoms with Crippen LogP contribution >= 0.6 is 12.2 Å². The molecule has 1 aliphatic rings. The number of thiocarbonyl (C=S) groups is 1. The number of para-hydroxylation sites is 1. The second-order valence-electron chi connectivity index (χ2n) is 4.73. The van der Waals surface area contributed by atoms with E-state index in [2.05, 4.69) is 5.43 Å². The van der Waals surface area contributed by atoms with Crippen molar-refractivity contribution in [2.75, 3.05) is 19.7 Å². The zero-order valence-corrected chi connectivity index (χ0v) is 12.1. The van der Waals surface area contributed by atoms with Gasteiger partial charge in [0.25, 0.3) is 5.91 Å². The van der Waals surface area contributed by atoms with E-state index in [9.17, 15) is 4.79 Å². The molecule has 1 heterocycles. The zero-order chi connectivity index (χ0) is 14.4. The minimum Gasteiger partial charge on any atom is -0.483 e. The van der Waals surface area contributed by atoms with Crippen LogP contribution in [0.5, 0.6) is 5.75 Å². The molecule has 3 N–H and O–H groups in total. The van der Waals surface area contributed by atoms with E-state index in [1.165, 1.54) is 6.42 Å². The lowest BCUT2D eigenvalue weighted by Gasteiger charge is -2.26. The molecule has 1 fully saturated rings. The summed E-state index contributed by atoms with van der Waals surface area (Å²) in [7, 11) is 0. The molecule has 5 nitrogen and oxygen atoms in total. The molecule has 108 valence electrons. The van der Waals surface area contributed by atoms with Crippen molar-refractivity contribution in [2.45, 2.75) is 19.3 Å². The maximum absolute atomic E-state index is 11.8. The van der Waals surface area contributed by atoms with Gasteiger partial charge in [0.05, 0.1) is 5.56 Å². The smallest absolute Gasteiger partial charge is 0.272 e. The van der Waals surface area contributed by atoms with Gasteiger partial charge in [-0.3, -0.25) is 10.2 Å². The Morgan fingerprint density at radius 2 is 2.00 bits per heavy atom. The van der Waals surface area contributed by atoms with Crippen molar-refractivity contribution in [3.05, 3.63) is 29.8 Å². The number of piperidine rings is 1. The van der Waals surface area contributed by atoms with Gasteiger partial charge in [-0.05, 0) is 25.0 Å². The lowest BCUT2D eigenvalue weighted by atomic mass is 10.2. The van der Waals surface area contributed by atoms with E-state index < -0.39 is 0 Å². The summed E-state index contributed by atoms with van der Waals surface area (Å²) >= 11 is 4.95. The molecular weight excluding hydrogens is 274 g/mol. The van der Waals surface area contributed by atoms with Gasteiger partial charge in [-0.2, -0.15) is 0 Å². The fraction of sp³-hybridized carbons (Fsp3) is 0.429. The number of hydrogen-bond donors (Lipinski definition) is 2. The zero-order valence-electron chi connectivity index (χ0n) is 11.3. The molecular formula is C14H19N3O2S. The van der Waals surface area contributed by atoms with Crippen molar-refractivity contribution in [1.29, 1.82) is 0 Å². The summed E-state index contributed by atoms with van der Waals surface area (Å²) in [6, 6.07) is 7.18. The Hall–Kier alpha value is -1.66. The van der Waals surface area contributed by atoms with E-state index in [1.807, 2.05) is 17.1 Å². The number of nitrogens with two attached hydrogens (primary N) is 1. The largest absolute Gasteiger partial charge is 0.483 e. The molecule has 1 aromatic rings. The molecule has 1 saturated heterocycles. The van der Waals surface area contributed by atoms with Gasteiger partial charge in [0, 0.05) is 13.1 Å². The molecule has 6 heteroatoms. The van der Waals surface area contributed by atoms with E-state index in [0.717, 1.165) is 25.9 Å². The van der Waals surface area contributed by atoms with E-state index in [0.29, 0.717) is 11.3 Å². The molecule has 0 radical (unpaired) electrons. The first-order valence-corrected chi connectivity index (χ1v) is 7.13. The third-order valence-corrected chi connectivity index (χ3v) is 3.37. The summed E-state index contributed by atoms with van der Waals surface area (Å²) in [6.45, 7) is 1.75. The first-order valence-electron chi connectivity index (χ1n) is 6.73. The number of benzene rings is 1. The predicted octanol–water partition coefficient (Wildman–Crippen LogP) is 1.22. The van der Waals surface area contributed by atoms with Crippen molar-refractivity contribution in [3.63, 3.8) is 0 Å². The Balaban J connectivity index is 1.85. The summed E-state index contributed by atoms with van der Waals surface area (Å²) in [5, 5.41) is 1.94. The van der Waals surface area contributed by atoms with E-state index in [-0.39, 0.29) is 17.5 Å². The van der Waals surface area contributed by atoms with Crippen LogP contribution in [0, 0.1) is 0 Å². The SMILES string of the molecule is NC(=S)c1ccccc1OCC(=O)NN1CCCCC1. The lowest BCUT2D eigenvalue weighted by Crippen LogP contribution is -2.46. The number of hydrazine groups is 1. The van der Waals surface area contributed by atoms with Crippen molar-refractivity contribution in [2.24, 2.45) is 5.73 Å². The molecule has 1 amide bonds. The van der Waals surface area contributed by atoms with Crippen molar-refractivity contribution in [3.8, 4) is 5.75 Å². The second kappa shape index (κ2) is 7.21. The minimum atomic E-state index is -0.162. The van der Waals surface area contributed by atoms with E-state index >= 15 is 0 Å². The molecule has 0 aliphatic carbocycles. The van der Waals surface area contributed by atoms with Gasteiger partial charge in [-0.15, -0.1) is 0 Å². The molecule has 0 atom stereocenters. The van der Waals surface area contributed by atoms with Crippen LogP contribution < -0.4 is 15.9 Å². The minimum absolute atomic E-state index is 0.0455. The van der Waals surface area contributed by atoms with E-state index in [4.69, 9.17) is 22.7 Å². The van der Waals surface area contributed by atoms with Crippen LogP contribution in [-0.4, -0.2) is 35.6 Å². The van der Waals surface area contributed by atoms with Crippen LogP contribution in [0.1, 0.15) is 24.8 Å². The fourth-order valence-corrected chi connectivity index (χ4v) is 2.32. The van der Waals surface area contributed by atoms with Crippen LogP contribution in [0.4, 0.5) is 0 Å². The van der Waals surface area contributed by atoms with Gasteiger partial charge in [0.2, 0.25) is 0 Å². The van der Waals surface area contributed by atoms with Crippen LogP contribution in [-0.2, 0) is 4.79 Å². The van der Waals surface area contributed by atoms with E-state index in [1.54, 1.807) is 12.1 Å². The van der Waals surface area contributed by atoms with Gasteiger partial charge in [-0.25, -0.2) is 5.01 Å².